The summed E-state index contributed by atoms with van der Waals surface area (Å²) in [6.45, 7) is 10.5. The van der Waals surface area contributed by atoms with E-state index in [0.29, 0.717) is 6.04 Å². The van der Waals surface area contributed by atoms with E-state index in [4.69, 9.17) is 0 Å². The van der Waals surface area contributed by atoms with Gasteiger partial charge >= 0.3 is 0 Å². The summed E-state index contributed by atoms with van der Waals surface area (Å²) in [5.41, 5.74) is 3.44. The van der Waals surface area contributed by atoms with Crippen molar-refractivity contribution in [3.63, 3.8) is 0 Å². The van der Waals surface area contributed by atoms with Gasteiger partial charge in [0.2, 0.25) is 0 Å². The monoisotopic (exact) mass is 235 g/mol. The van der Waals surface area contributed by atoms with Crippen LogP contribution >= 0.6 is 0 Å². The number of aliphatic hydroxyl groups is 1. The van der Waals surface area contributed by atoms with E-state index in [9.17, 15) is 5.11 Å². The van der Waals surface area contributed by atoms with Gasteiger partial charge in [0.15, 0.2) is 0 Å². The van der Waals surface area contributed by atoms with Crippen LogP contribution in [0.3, 0.4) is 0 Å². The summed E-state index contributed by atoms with van der Waals surface area (Å²) in [5.74, 6) is 0. The highest BCUT2D eigenvalue weighted by atomic mass is 16.3. The third kappa shape index (κ3) is 3.83. The average Bonchev–Trinajstić information content (AvgIpc) is 2.24. The smallest absolute Gasteiger partial charge is 0.0945 e. The maximum absolute atomic E-state index is 10.4. The van der Waals surface area contributed by atoms with Crippen LogP contribution in [0.4, 0.5) is 0 Å². The maximum atomic E-state index is 10.4. The second-order valence-corrected chi connectivity index (χ2v) is 5.14. The molecule has 0 saturated carbocycles. The molecule has 0 aliphatic heterocycles. The Balaban J connectivity index is 2.89. The maximum Gasteiger partial charge on any atom is 0.0945 e. The van der Waals surface area contributed by atoms with Crippen molar-refractivity contribution in [1.29, 1.82) is 0 Å². The Bertz CT molecular complexity index is 360. The number of aliphatic hydroxyl groups excluding tert-OH is 1. The Morgan fingerprint density at radius 3 is 2.35 bits per heavy atom. The fourth-order valence-corrected chi connectivity index (χ4v) is 2.23. The number of hydrogen-bond acceptors (Lipinski definition) is 2. The second kappa shape index (κ2) is 6.18. The highest BCUT2D eigenvalue weighted by molar-refractivity contribution is 5.32. The van der Waals surface area contributed by atoms with Gasteiger partial charge in [0.05, 0.1) is 6.10 Å². The van der Waals surface area contributed by atoms with E-state index in [1.54, 1.807) is 0 Å². The molecule has 1 rings (SSSR count). The standard InChI is InChI=1S/C15H25NO/c1-6-14(16-10(2)3)15(17)13-8-7-11(4)9-12(13)5/h7-10,14-17H,6H2,1-5H3. The summed E-state index contributed by atoms with van der Waals surface area (Å²) < 4.78 is 0. The van der Waals surface area contributed by atoms with E-state index >= 15 is 0 Å². The van der Waals surface area contributed by atoms with E-state index in [-0.39, 0.29) is 6.04 Å². The lowest BCUT2D eigenvalue weighted by molar-refractivity contribution is 0.121. The van der Waals surface area contributed by atoms with Gasteiger partial charge in [-0.3, -0.25) is 0 Å². The highest BCUT2D eigenvalue weighted by Crippen LogP contribution is 2.23. The minimum absolute atomic E-state index is 0.122. The van der Waals surface area contributed by atoms with Crippen LogP contribution < -0.4 is 5.32 Å². The zero-order valence-electron chi connectivity index (χ0n) is 11.6. The summed E-state index contributed by atoms with van der Waals surface area (Å²) in [6, 6.07) is 6.74. The molecular weight excluding hydrogens is 210 g/mol. The molecule has 0 heterocycles. The van der Waals surface area contributed by atoms with Gasteiger partial charge < -0.3 is 10.4 Å². The van der Waals surface area contributed by atoms with Crippen molar-refractivity contribution in [3.8, 4) is 0 Å². The van der Waals surface area contributed by atoms with Crippen LogP contribution in [-0.2, 0) is 0 Å². The molecule has 1 aromatic rings. The SMILES string of the molecule is CCC(NC(C)C)C(O)c1ccc(C)cc1C. The van der Waals surface area contributed by atoms with E-state index in [2.05, 4.69) is 52.1 Å². The molecule has 1 aromatic carbocycles. The molecule has 2 nitrogen and oxygen atoms in total. The Morgan fingerprint density at radius 1 is 1.24 bits per heavy atom. The van der Waals surface area contributed by atoms with E-state index in [0.717, 1.165) is 12.0 Å². The van der Waals surface area contributed by atoms with Crippen molar-refractivity contribution in [1.82, 2.24) is 5.32 Å². The Hall–Kier alpha value is -0.860. The lowest BCUT2D eigenvalue weighted by Crippen LogP contribution is -2.39. The number of benzene rings is 1. The van der Waals surface area contributed by atoms with Gasteiger partial charge in [0.25, 0.3) is 0 Å². The van der Waals surface area contributed by atoms with Crippen molar-refractivity contribution < 1.29 is 5.11 Å². The molecule has 0 spiro atoms. The second-order valence-electron chi connectivity index (χ2n) is 5.14. The van der Waals surface area contributed by atoms with Crippen LogP contribution in [0.2, 0.25) is 0 Å². The molecule has 0 radical (unpaired) electrons. The predicted molar refractivity (Wildman–Crippen MR) is 73.2 cm³/mol. The lowest BCUT2D eigenvalue weighted by atomic mass is 9.95. The molecule has 2 atom stereocenters. The highest BCUT2D eigenvalue weighted by Gasteiger charge is 2.20. The summed E-state index contributed by atoms with van der Waals surface area (Å²) >= 11 is 0. The summed E-state index contributed by atoms with van der Waals surface area (Å²) in [5, 5.41) is 13.9. The van der Waals surface area contributed by atoms with Gasteiger partial charge in [-0.15, -0.1) is 0 Å². The number of hydrogen-bond donors (Lipinski definition) is 2. The Kier molecular flexibility index (Phi) is 5.16. The van der Waals surface area contributed by atoms with Gasteiger partial charge in [0, 0.05) is 12.1 Å². The third-order valence-electron chi connectivity index (χ3n) is 3.11. The van der Waals surface area contributed by atoms with Gasteiger partial charge in [0.1, 0.15) is 0 Å². The lowest BCUT2D eigenvalue weighted by Gasteiger charge is -2.26. The zero-order chi connectivity index (χ0) is 13.0. The molecule has 2 N–H and O–H groups in total. The quantitative estimate of drug-likeness (QED) is 0.822. The first-order valence-corrected chi connectivity index (χ1v) is 6.47. The Labute approximate surface area is 105 Å². The van der Waals surface area contributed by atoms with Crippen LogP contribution in [0.1, 0.15) is 50.0 Å². The third-order valence-corrected chi connectivity index (χ3v) is 3.11. The van der Waals surface area contributed by atoms with Gasteiger partial charge in [-0.1, -0.05) is 44.5 Å². The summed E-state index contributed by atoms with van der Waals surface area (Å²) in [6.07, 6.45) is 0.495. The molecule has 0 amide bonds. The minimum atomic E-state index is -0.428. The molecule has 96 valence electrons. The van der Waals surface area contributed by atoms with Crippen molar-refractivity contribution >= 4 is 0 Å². The van der Waals surface area contributed by atoms with Crippen molar-refractivity contribution in [2.45, 2.75) is 59.2 Å². The molecule has 17 heavy (non-hydrogen) atoms. The van der Waals surface area contributed by atoms with Gasteiger partial charge in [-0.05, 0) is 31.4 Å². The van der Waals surface area contributed by atoms with Crippen LogP contribution in [0.25, 0.3) is 0 Å². The van der Waals surface area contributed by atoms with Crippen LogP contribution in [0, 0.1) is 13.8 Å². The average molecular weight is 235 g/mol. The summed E-state index contributed by atoms with van der Waals surface area (Å²) in [4.78, 5) is 0. The molecule has 2 unspecified atom stereocenters. The van der Waals surface area contributed by atoms with Gasteiger partial charge in [-0.25, -0.2) is 0 Å². The first-order chi connectivity index (χ1) is 7.95. The van der Waals surface area contributed by atoms with Crippen molar-refractivity contribution in [2.24, 2.45) is 0 Å². The van der Waals surface area contributed by atoms with Crippen molar-refractivity contribution in [2.75, 3.05) is 0 Å². The zero-order valence-corrected chi connectivity index (χ0v) is 11.6. The van der Waals surface area contributed by atoms with Gasteiger partial charge in [-0.2, -0.15) is 0 Å². The molecule has 2 heteroatoms. The Morgan fingerprint density at radius 2 is 1.88 bits per heavy atom. The van der Waals surface area contributed by atoms with E-state index < -0.39 is 6.10 Å². The molecular formula is C15H25NO. The topological polar surface area (TPSA) is 32.3 Å². The molecule has 0 saturated heterocycles. The predicted octanol–water partition coefficient (Wildman–Crippen LogP) is 3.11. The first-order valence-electron chi connectivity index (χ1n) is 6.47. The number of aryl methyl sites for hydroxylation is 2. The normalized spacial score (nSPS) is 15.0. The van der Waals surface area contributed by atoms with Crippen LogP contribution in [0.5, 0.6) is 0 Å². The molecule has 0 aliphatic rings. The van der Waals surface area contributed by atoms with E-state index in [1.165, 1.54) is 11.1 Å². The van der Waals surface area contributed by atoms with Crippen LogP contribution in [0.15, 0.2) is 18.2 Å². The molecule has 0 aliphatic carbocycles. The molecule has 0 fully saturated rings. The number of nitrogens with one attached hydrogen (secondary N) is 1. The first kappa shape index (κ1) is 14.2. The fourth-order valence-electron chi connectivity index (χ4n) is 2.23. The molecule has 0 aromatic heterocycles. The largest absolute Gasteiger partial charge is 0.387 e. The minimum Gasteiger partial charge on any atom is -0.387 e. The molecule has 0 bridgehead atoms. The van der Waals surface area contributed by atoms with E-state index in [1.807, 2.05) is 6.07 Å². The fraction of sp³-hybridized carbons (Fsp3) is 0.600. The summed E-state index contributed by atoms with van der Waals surface area (Å²) in [7, 11) is 0. The van der Waals surface area contributed by atoms with Crippen molar-refractivity contribution in [3.05, 3.63) is 34.9 Å². The van der Waals surface area contributed by atoms with Crippen LogP contribution in [-0.4, -0.2) is 17.2 Å². The number of rotatable bonds is 5.